The highest BCUT2D eigenvalue weighted by atomic mass is 32.2. The topological polar surface area (TPSA) is 89.5 Å². The van der Waals surface area contributed by atoms with Gasteiger partial charge in [0.25, 0.3) is 5.91 Å². The number of carbonyl (C=O) groups excluding carboxylic acids is 2. The third-order valence-corrected chi connectivity index (χ3v) is 6.44. The average molecular weight is 574 g/mol. The second-order valence-electron chi connectivity index (χ2n) is 8.65. The predicted octanol–water partition coefficient (Wildman–Crippen LogP) is 6.39. The number of benzene rings is 3. The first-order valence-electron chi connectivity index (χ1n) is 11.8. The van der Waals surface area contributed by atoms with Gasteiger partial charge in [-0.05, 0) is 59.2 Å². The quantitative estimate of drug-likeness (QED) is 0.136. The molecule has 0 aliphatic heterocycles. The van der Waals surface area contributed by atoms with Gasteiger partial charge >= 0.3 is 12.1 Å². The van der Waals surface area contributed by atoms with Crippen LogP contribution < -0.4 is 15.0 Å². The number of nitrogens with zero attached hydrogens (tertiary/aromatic N) is 1. The van der Waals surface area contributed by atoms with Gasteiger partial charge in [-0.2, -0.15) is 13.2 Å². The van der Waals surface area contributed by atoms with Crippen LogP contribution in [0.3, 0.4) is 0 Å². The molecule has 0 fully saturated rings. The van der Waals surface area contributed by atoms with E-state index in [2.05, 4.69) is 20.0 Å². The first kappa shape index (κ1) is 28.7. The van der Waals surface area contributed by atoms with Crippen LogP contribution in [0.2, 0.25) is 0 Å². The van der Waals surface area contributed by atoms with Crippen molar-refractivity contribution in [3.63, 3.8) is 0 Å². The number of hydrogen-bond acceptors (Lipinski definition) is 7. The number of amides is 1. The van der Waals surface area contributed by atoms with E-state index >= 15 is 0 Å². The second-order valence-corrected chi connectivity index (χ2v) is 9.26. The Labute approximate surface area is 230 Å². The fourth-order valence-electron chi connectivity index (χ4n) is 4.07. The fraction of sp³-hybridized carbons (Fsp3) is 0.179. The second kappa shape index (κ2) is 12.2. The number of aromatic nitrogens is 1. The lowest BCUT2D eigenvalue weighted by molar-refractivity contribution is -0.143. The molecule has 0 aliphatic rings. The van der Waals surface area contributed by atoms with Crippen LogP contribution in [0.15, 0.2) is 72.8 Å². The molecular formula is C28H23F4N3O4S. The van der Waals surface area contributed by atoms with Gasteiger partial charge in [-0.3, -0.25) is 9.74 Å². The van der Waals surface area contributed by atoms with Gasteiger partial charge in [0.2, 0.25) is 0 Å². The molecule has 4 rings (SSSR count). The van der Waals surface area contributed by atoms with Crippen molar-refractivity contribution in [3.05, 3.63) is 89.6 Å². The Morgan fingerprint density at radius 2 is 1.73 bits per heavy atom. The van der Waals surface area contributed by atoms with E-state index in [0.29, 0.717) is 33.3 Å². The van der Waals surface area contributed by atoms with Gasteiger partial charge < -0.3 is 14.8 Å². The maximum atomic E-state index is 13.2. The molecule has 1 heterocycles. The Morgan fingerprint density at radius 3 is 2.38 bits per heavy atom. The van der Waals surface area contributed by atoms with Crippen LogP contribution in [0.1, 0.15) is 21.6 Å². The van der Waals surface area contributed by atoms with E-state index in [-0.39, 0.29) is 17.9 Å². The number of halogens is 4. The molecular weight excluding hydrogens is 550 g/mol. The van der Waals surface area contributed by atoms with Gasteiger partial charge in [0.05, 0.1) is 23.9 Å². The summed E-state index contributed by atoms with van der Waals surface area (Å²) in [5.74, 6) is -1.34. The monoisotopic (exact) mass is 573 g/mol. The minimum absolute atomic E-state index is 0.00551. The Balaban J connectivity index is 1.65. The number of methoxy groups -OCH3 is 1. The Morgan fingerprint density at radius 1 is 1.00 bits per heavy atom. The maximum Gasteiger partial charge on any atom is 0.416 e. The van der Waals surface area contributed by atoms with Crippen LogP contribution in [0, 0.1) is 0 Å². The molecule has 2 N–H and O–H groups in total. The molecule has 1 amide bonds. The number of rotatable bonds is 9. The summed E-state index contributed by atoms with van der Waals surface area (Å²) in [5, 5.41) is 3.21. The van der Waals surface area contributed by atoms with E-state index in [1.165, 1.54) is 43.3 Å². The van der Waals surface area contributed by atoms with Crippen LogP contribution in [-0.4, -0.2) is 36.3 Å². The Kier molecular flexibility index (Phi) is 8.78. The summed E-state index contributed by atoms with van der Waals surface area (Å²) in [7, 11) is 1.19. The molecule has 0 aliphatic carbocycles. The predicted molar refractivity (Wildman–Crippen MR) is 144 cm³/mol. The van der Waals surface area contributed by atoms with Crippen LogP contribution in [0.4, 0.5) is 23.4 Å². The van der Waals surface area contributed by atoms with Gasteiger partial charge in [0.1, 0.15) is 11.7 Å². The zero-order valence-electron chi connectivity index (χ0n) is 21.2. The van der Waals surface area contributed by atoms with E-state index in [9.17, 15) is 27.3 Å². The third-order valence-electron chi connectivity index (χ3n) is 6.02. The molecule has 3 aromatic carbocycles. The smallest absolute Gasteiger partial charge is 0.416 e. The maximum absolute atomic E-state index is 13.2. The molecule has 1 atom stereocenters. The highest BCUT2D eigenvalue weighted by Crippen LogP contribution is 2.34. The normalized spacial score (nSPS) is 12.1. The summed E-state index contributed by atoms with van der Waals surface area (Å²) in [4.78, 5) is 33.7. The number of ether oxygens (including phenoxy) is 1. The van der Waals surface area contributed by atoms with E-state index in [1.54, 1.807) is 42.7 Å². The number of pyridine rings is 1. The molecule has 1 aromatic heterocycles. The first-order chi connectivity index (χ1) is 19.1. The standard InChI is InChI=1S/C28H23F4N3O4S/c1-38-27(37)25(12-16-6-9-20(39-32)10-7-16)34-26(36)24-15-23(35-40-2)21-14-18(8-11-22(21)33-24)17-4-3-5-19(13-17)28(29,30)31/h3-11,13-15,25H,12H2,1-2H3,(H,33,35)(H,34,36). The molecule has 0 bridgehead atoms. The summed E-state index contributed by atoms with van der Waals surface area (Å²) in [6.45, 7) is 0. The number of esters is 1. The summed E-state index contributed by atoms with van der Waals surface area (Å²) in [6.07, 6.45) is -2.64. The molecule has 0 radical (unpaired) electrons. The molecule has 12 heteroatoms. The van der Waals surface area contributed by atoms with Crippen molar-refractivity contribution < 1.29 is 37.0 Å². The molecule has 208 valence electrons. The van der Waals surface area contributed by atoms with Gasteiger partial charge in [-0.1, -0.05) is 42.3 Å². The van der Waals surface area contributed by atoms with Gasteiger partial charge in [-0.15, -0.1) is 0 Å². The van der Waals surface area contributed by atoms with E-state index in [0.717, 1.165) is 12.1 Å². The van der Waals surface area contributed by atoms with Crippen molar-refractivity contribution >= 4 is 40.4 Å². The summed E-state index contributed by atoms with van der Waals surface area (Å²) in [6, 6.07) is 16.2. The lowest BCUT2D eigenvalue weighted by atomic mass is 10.00. The van der Waals surface area contributed by atoms with E-state index in [4.69, 9.17) is 4.74 Å². The lowest BCUT2D eigenvalue weighted by Crippen LogP contribution is -2.43. The summed E-state index contributed by atoms with van der Waals surface area (Å²) < 4.78 is 59.9. The molecule has 4 aromatic rings. The molecule has 40 heavy (non-hydrogen) atoms. The van der Waals surface area contributed by atoms with Crippen LogP contribution in [-0.2, 0) is 22.1 Å². The fourth-order valence-corrected chi connectivity index (χ4v) is 4.46. The number of nitrogens with one attached hydrogen (secondary N) is 2. The van der Waals surface area contributed by atoms with Crippen molar-refractivity contribution in [1.82, 2.24) is 10.3 Å². The highest BCUT2D eigenvalue weighted by Gasteiger charge is 2.30. The number of carbonyl (C=O) groups is 2. The zero-order valence-corrected chi connectivity index (χ0v) is 22.0. The molecule has 7 nitrogen and oxygen atoms in total. The SMILES string of the molecule is COC(=O)C(Cc1ccc(OF)cc1)NC(=O)c1cc(NSC)c2cc(-c3cccc(C(F)(F)F)c3)ccc2n1. The van der Waals surface area contributed by atoms with Crippen LogP contribution in [0.25, 0.3) is 22.0 Å². The van der Waals surface area contributed by atoms with Crippen molar-refractivity contribution in [1.29, 1.82) is 0 Å². The average Bonchev–Trinajstić information content (AvgIpc) is 2.96. The summed E-state index contributed by atoms with van der Waals surface area (Å²) >= 11 is 1.26. The Hall–Kier alpha value is -4.32. The number of anilines is 1. The third kappa shape index (κ3) is 6.63. The highest BCUT2D eigenvalue weighted by molar-refractivity contribution is 7.99. The zero-order chi connectivity index (χ0) is 28.9. The minimum atomic E-state index is -4.48. The van der Waals surface area contributed by atoms with Crippen molar-refractivity contribution in [2.75, 3.05) is 18.1 Å². The molecule has 0 saturated carbocycles. The summed E-state index contributed by atoms with van der Waals surface area (Å²) in [5.41, 5.74) is 1.70. The van der Waals surface area contributed by atoms with Gasteiger partial charge in [0, 0.05) is 22.6 Å². The van der Waals surface area contributed by atoms with E-state index in [1.807, 2.05) is 0 Å². The lowest BCUT2D eigenvalue weighted by Gasteiger charge is -2.17. The number of hydrogen-bond donors (Lipinski definition) is 2. The van der Waals surface area contributed by atoms with E-state index < -0.39 is 29.7 Å². The largest absolute Gasteiger partial charge is 0.467 e. The van der Waals surface area contributed by atoms with Crippen molar-refractivity contribution in [2.45, 2.75) is 18.6 Å². The number of fused-ring (bicyclic) bond motifs is 1. The van der Waals surface area contributed by atoms with Gasteiger partial charge in [0.15, 0.2) is 5.75 Å². The minimum Gasteiger partial charge on any atom is -0.467 e. The number of alkyl halides is 3. The van der Waals surface area contributed by atoms with Crippen molar-refractivity contribution in [2.24, 2.45) is 0 Å². The first-order valence-corrected chi connectivity index (χ1v) is 13.0. The molecule has 0 saturated heterocycles. The van der Waals surface area contributed by atoms with Crippen molar-refractivity contribution in [3.8, 4) is 16.9 Å². The Bertz CT molecular complexity index is 1530. The molecule has 1 unspecified atom stereocenters. The van der Waals surface area contributed by atoms with Gasteiger partial charge in [-0.25, -0.2) is 9.78 Å². The molecule has 0 spiro atoms. The van der Waals surface area contributed by atoms with Crippen LogP contribution in [0.5, 0.6) is 5.75 Å². The van der Waals surface area contributed by atoms with Crippen LogP contribution >= 0.6 is 11.9 Å².